The lowest BCUT2D eigenvalue weighted by molar-refractivity contribution is -0.116. The summed E-state index contributed by atoms with van der Waals surface area (Å²) in [6.07, 6.45) is 4.16. The molecule has 2 N–H and O–H groups in total. The molecule has 0 saturated carbocycles. The van der Waals surface area contributed by atoms with E-state index in [4.69, 9.17) is 0 Å². The molecule has 2 heterocycles. The highest BCUT2D eigenvalue weighted by Crippen LogP contribution is 2.20. The van der Waals surface area contributed by atoms with Crippen LogP contribution in [0.5, 0.6) is 0 Å². The van der Waals surface area contributed by atoms with E-state index >= 15 is 0 Å². The Morgan fingerprint density at radius 3 is 2.67 bits per heavy atom. The number of nitrogens with one attached hydrogen (secondary N) is 2. The zero-order chi connectivity index (χ0) is 18.5. The number of carbonyl (C=O) groups excluding carboxylic acids is 2. The number of hydrogen-bond acceptors (Lipinski definition) is 5. The van der Waals surface area contributed by atoms with E-state index in [2.05, 4.69) is 20.5 Å². The number of ketones is 1. The number of carbonyl (C=O) groups is 2. The number of benzene rings is 1. The number of rotatable bonds is 6. The zero-order valence-corrected chi connectivity index (χ0v) is 16.5. The van der Waals surface area contributed by atoms with E-state index in [9.17, 15) is 9.59 Å². The molecule has 0 radical (unpaired) electrons. The second-order valence-corrected chi connectivity index (χ2v) is 6.58. The summed E-state index contributed by atoms with van der Waals surface area (Å²) in [5.74, 6) is 0.997. The molecule has 1 aliphatic rings. The van der Waals surface area contributed by atoms with Crippen LogP contribution in [0.1, 0.15) is 35.6 Å². The first-order valence-corrected chi connectivity index (χ1v) is 8.87. The largest absolute Gasteiger partial charge is 0.337 e. The smallest absolute Gasteiger partial charge is 0.225 e. The van der Waals surface area contributed by atoms with Crippen LogP contribution in [0.2, 0.25) is 0 Å². The number of Topliss-reactive ketones (excluding diaryl/α,β-unsaturated/α-hetero) is 1. The third kappa shape index (κ3) is 5.38. The van der Waals surface area contributed by atoms with Crippen LogP contribution < -0.4 is 10.6 Å². The minimum atomic E-state index is -0.0299. The maximum Gasteiger partial charge on any atom is 0.225 e. The van der Waals surface area contributed by atoms with E-state index in [1.165, 1.54) is 6.92 Å². The molecule has 1 fully saturated rings. The molecule has 1 amide bonds. The zero-order valence-electron chi connectivity index (χ0n) is 15.6. The lowest BCUT2D eigenvalue weighted by Gasteiger charge is -2.35. The monoisotopic (exact) mass is 391 g/mol. The van der Waals surface area contributed by atoms with Crippen molar-refractivity contribution in [1.29, 1.82) is 0 Å². The summed E-state index contributed by atoms with van der Waals surface area (Å²) in [4.78, 5) is 30.4. The molecule has 7 nitrogen and oxygen atoms in total. The topological polar surface area (TPSA) is 79.3 Å². The Labute approximate surface area is 165 Å². The number of nitrogens with zero attached hydrogens (tertiary/aromatic N) is 3. The number of halogens is 1. The second kappa shape index (κ2) is 9.64. The lowest BCUT2D eigenvalue weighted by Crippen LogP contribution is -2.47. The molecule has 1 unspecified atom stereocenters. The maximum atomic E-state index is 12.3. The Morgan fingerprint density at radius 2 is 2.04 bits per heavy atom. The van der Waals surface area contributed by atoms with Crippen LogP contribution in [0.4, 0.5) is 5.69 Å². The summed E-state index contributed by atoms with van der Waals surface area (Å²) < 4.78 is 2.03. The molecule has 1 atom stereocenters. The van der Waals surface area contributed by atoms with E-state index in [0.29, 0.717) is 24.2 Å². The summed E-state index contributed by atoms with van der Waals surface area (Å²) in [5, 5.41) is 6.29. The van der Waals surface area contributed by atoms with Crippen LogP contribution in [-0.2, 0) is 11.8 Å². The third-order valence-electron chi connectivity index (χ3n) is 4.71. The minimum Gasteiger partial charge on any atom is -0.337 e. The van der Waals surface area contributed by atoms with Crippen LogP contribution >= 0.6 is 12.4 Å². The summed E-state index contributed by atoms with van der Waals surface area (Å²) in [7, 11) is 1.99. The lowest BCUT2D eigenvalue weighted by atomic mass is 10.1. The quantitative estimate of drug-likeness (QED) is 0.736. The standard InChI is InChI=1S/C19H25N5O2.ClH/c1-14(25)15-3-5-16(6-4-15)22-18(26)7-10-24-12-8-20-13-17(24)19-21-9-11-23(19)2;/h3-6,9,11,17,20H,7-8,10,12-13H2,1-2H3,(H,22,26);1H. The summed E-state index contributed by atoms with van der Waals surface area (Å²) >= 11 is 0. The Hall–Kier alpha value is -2.22. The van der Waals surface area contributed by atoms with Gasteiger partial charge in [-0.15, -0.1) is 12.4 Å². The molecule has 0 aliphatic carbocycles. The Balaban J connectivity index is 0.00000261. The van der Waals surface area contributed by atoms with Gasteiger partial charge in [0, 0.05) is 63.3 Å². The van der Waals surface area contributed by atoms with Gasteiger partial charge in [0.15, 0.2) is 5.78 Å². The van der Waals surface area contributed by atoms with Gasteiger partial charge in [-0.1, -0.05) is 0 Å². The molecular formula is C19H26ClN5O2. The van der Waals surface area contributed by atoms with Gasteiger partial charge in [0.05, 0.1) is 6.04 Å². The van der Waals surface area contributed by atoms with Crippen molar-refractivity contribution in [3.8, 4) is 0 Å². The predicted molar refractivity (Wildman–Crippen MR) is 107 cm³/mol. The van der Waals surface area contributed by atoms with Crippen molar-refractivity contribution in [2.24, 2.45) is 7.05 Å². The van der Waals surface area contributed by atoms with Crippen LogP contribution in [-0.4, -0.2) is 52.3 Å². The normalized spacial score (nSPS) is 17.2. The molecule has 0 spiro atoms. The van der Waals surface area contributed by atoms with E-state index < -0.39 is 0 Å². The van der Waals surface area contributed by atoms with Gasteiger partial charge in [-0.2, -0.15) is 0 Å². The first kappa shape index (κ1) is 21.1. The second-order valence-electron chi connectivity index (χ2n) is 6.58. The fraction of sp³-hybridized carbons (Fsp3) is 0.421. The molecule has 146 valence electrons. The number of anilines is 1. The highest BCUT2D eigenvalue weighted by Gasteiger charge is 2.26. The number of imidazole rings is 1. The number of aryl methyl sites for hydroxylation is 1. The molecule has 1 aliphatic heterocycles. The average molecular weight is 392 g/mol. The van der Waals surface area contributed by atoms with Crippen molar-refractivity contribution in [1.82, 2.24) is 19.8 Å². The van der Waals surface area contributed by atoms with E-state index in [1.54, 1.807) is 30.5 Å². The van der Waals surface area contributed by atoms with E-state index in [1.807, 2.05) is 17.8 Å². The fourth-order valence-electron chi connectivity index (χ4n) is 3.22. The highest BCUT2D eigenvalue weighted by molar-refractivity contribution is 5.95. The van der Waals surface area contributed by atoms with Crippen LogP contribution in [0, 0.1) is 0 Å². The summed E-state index contributed by atoms with van der Waals surface area (Å²) in [5.41, 5.74) is 1.35. The molecular weight excluding hydrogens is 366 g/mol. The van der Waals surface area contributed by atoms with Crippen LogP contribution in [0.15, 0.2) is 36.7 Å². The van der Waals surface area contributed by atoms with Gasteiger partial charge in [0.1, 0.15) is 5.82 Å². The van der Waals surface area contributed by atoms with Crippen molar-refractivity contribution in [2.45, 2.75) is 19.4 Å². The van der Waals surface area contributed by atoms with Gasteiger partial charge in [-0.3, -0.25) is 14.5 Å². The number of hydrogen-bond donors (Lipinski definition) is 2. The van der Waals surface area contributed by atoms with E-state index in [0.717, 1.165) is 25.5 Å². The van der Waals surface area contributed by atoms with Crippen molar-refractivity contribution >= 4 is 29.8 Å². The van der Waals surface area contributed by atoms with Crippen molar-refractivity contribution in [3.63, 3.8) is 0 Å². The molecule has 8 heteroatoms. The van der Waals surface area contributed by atoms with Crippen molar-refractivity contribution < 1.29 is 9.59 Å². The molecule has 3 rings (SSSR count). The fourth-order valence-corrected chi connectivity index (χ4v) is 3.22. The maximum absolute atomic E-state index is 12.3. The SMILES string of the molecule is CC(=O)c1ccc(NC(=O)CCN2CCNCC2c2nccn2C)cc1.Cl. The van der Waals surface area contributed by atoms with E-state index in [-0.39, 0.29) is 30.1 Å². The Kier molecular flexibility index (Phi) is 7.53. The highest BCUT2D eigenvalue weighted by atomic mass is 35.5. The predicted octanol–water partition coefficient (Wildman–Crippen LogP) is 2.02. The Morgan fingerprint density at radius 1 is 1.30 bits per heavy atom. The number of aromatic nitrogens is 2. The summed E-state index contributed by atoms with van der Waals surface area (Å²) in [6, 6.07) is 7.15. The van der Waals surface area contributed by atoms with Gasteiger partial charge in [0.2, 0.25) is 5.91 Å². The van der Waals surface area contributed by atoms with Gasteiger partial charge in [0.25, 0.3) is 0 Å². The van der Waals surface area contributed by atoms with Gasteiger partial charge >= 0.3 is 0 Å². The number of amides is 1. The molecule has 1 aromatic carbocycles. The van der Waals surface area contributed by atoms with Crippen molar-refractivity contribution in [2.75, 3.05) is 31.5 Å². The van der Waals surface area contributed by atoms with Crippen LogP contribution in [0.3, 0.4) is 0 Å². The molecule has 1 aromatic heterocycles. The van der Waals surface area contributed by atoms with Gasteiger partial charge < -0.3 is 15.2 Å². The first-order valence-electron chi connectivity index (χ1n) is 8.87. The Bertz CT molecular complexity index is 775. The van der Waals surface area contributed by atoms with Crippen molar-refractivity contribution in [3.05, 3.63) is 48.0 Å². The summed E-state index contributed by atoms with van der Waals surface area (Å²) in [6.45, 7) is 4.84. The number of piperazine rings is 1. The van der Waals surface area contributed by atoms with Gasteiger partial charge in [-0.25, -0.2) is 4.98 Å². The molecule has 2 aromatic rings. The minimum absolute atomic E-state index is 0. The molecule has 0 bridgehead atoms. The third-order valence-corrected chi connectivity index (χ3v) is 4.71. The molecule has 27 heavy (non-hydrogen) atoms. The van der Waals surface area contributed by atoms with Crippen LogP contribution in [0.25, 0.3) is 0 Å². The first-order chi connectivity index (χ1) is 12.5. The average Bonchev–Trinajstić information content (AvgIpc) is 3.06. The van der Waals surface area contributed by atoms with Gasteiger partial charge in [-0.05, 0) is 31.2 Å². The molecule has 1 saturated heterocycles.